The van der Waals surface area contributed by atoms with Crippen molar-refractivity contribution < 1.29 is 13.2 Å². The van der Waals surface area contributed by atoms with E-state index in [1.54, 1.807) is 11.9 Å². The summed E-state index contributed by atoms with van der Waals surface area (Å²) in [5.74, 6) is -0.109. The van der Waals surface area contributed by atoms with Crippen LogP contribution in [0.5, 0.6) is 0 Å². The number of hydrogen-bond acceptors (Lipinski definition) is 3. The summed E-state index contributed by atoms with van der Waals surface area (Å²) in [4.78, 5) is 15.0. The molecular weight excluding hydrogens is 384 g/mol. The molecule has 29 heavy (non-hydrogen) atoms. The Labute approximate surface area is 174 Å². The summed E-state index contributed by atoms with van der Waals surface area (Å²) in [5, 5.41) is 0. The smallest absolute Gasteiger partial charge is 0.243 e. The fraction of sp³-hybridized carbons (Fsp3) is 0.435. The number of carbonyl (C=O) groups is 1. The molecule has 156 valence electrons. The van der Waals surface area contributed by atoms with Gasteiger partial charge in [-0.3, -0.25) is 4.79 Å². The van der Waals surface area contributed by atoms with Crippen LogP contribution < -0.4 is 4.90 Å². The lowest BCUT2D eigenvalue weighted by molar-refractivity contribution is -0.123. The summed E-state index contributed by atoms with van der Waals surface area (Å²) in [6, 6.07) is 11.7. The minimum absolute atomic E-state index is 0.0512. The molecule has 0 N–H and O–H groups in total. The van der Waals surface area contributed by atoms with Gasteiger partial charge in [-0.15, -0.1) is 0 Å². The Hall–Kier alpha value is -2.18. The molecule has 1 fully saturated rings. The van der Waals surface area contributed by atoms with Crippen molar-refractivity contribution in [2.45, 2.75) is 45.4 Å². The number of amides is 1. The van der Waals surface area contributed by atoms with Gasteiger partial charge in [0.1, 0.15) is 0 Å². The zero-order chi connectivity index (χ0) is 21.3. The van der Waals surface area contributed by atoms with E-state index in [9.17, 15) is 13.2 Å². The topological polar surface area (TPSA) is 57.7 Å². The third kappa shape index (κ3) is 4.38. The number of hydrogen-bond donors (Lipinski definition) is 0. The summed E-state index contributed by atoms with van der Waals surface area (Å²) < 4.78 is 28.0. The van der Waals surface area contributed by atoms with Gasteiger partial charge in [-0.1, -0.05) is 29.8 Å². The highest BCUT2D eigenvalue weighted by atomic mass is 32.2. The van der Waals surface area contributed by atoms with E-state index >= 15 is 0 Å². The van der Waals surface area contributed by atoms with Gasteiger partial charge in [0.2, 0.25) is 15.9 Å². The molecule has 1 aliphatic heterocycles. The lowest BCUT2D eigenvalue weighted by Gasteiger charge is -2.33. The zero-order valence-corrected chi connectivity index (χ0v) is 18.7. The lowest BCUT2D eigenvalue weighted by atomic mass is 9.96. The zero-order valence-electron chi connectivity index (χ0n) is 17.9. The quantitative estimate of drug-likeness (QED) is 0.760. The van der Waals surface area contributed by atoms with Crippen LogP contribution in [0, 0.1) is 33.6 Å². The minimum atomic E-state index is -3.56. The monoisotopic (exact) mass is 414 g/mol. The van der Waals surface area contributed by atoms with Gasteiger partial charge in [0.25, 0.3) is 0 Å². The number of anilines is 1. The first-order chi connectivity index (χ1) is 13.6. The molecule has 1 heterocycles. The molecule has 0 aromatic heterocycles. The molecule has 0 spiro atoms. The van der Waals surface area contributed by atoms with E-state index in [2.05, 4.69) is 0 Å². The molecule has 1 saturated heterocycles. The summed E-state index contributed by atoms with van der Waals surface area (Å²) in [6.07, 6.45) is 1.08. The van der Waals surface area contributed by atoms with Gasteiger partial charge in [0.05, 0.1) is 4.90 Å². The number of sulfonamides is 1. The Bertz CT molecular complexity index is 999. The van der Waals surface area contributed by atoms with Crippen LogP contribution in [-0.2, 0) is 14.8 Å². The van der Waals surface area contributed by atoms with Crippen molar-refractivity contribution in [3.63, 3.8) is 0 Å². The number of carbonyl (C=O) groups excluding carboxylic acids is 1. The molecule has 2 aromatic carbocycles. The standard InChI is InChI=1S/C23H30N2O3S/c1-16-7-6-8-21(15-16)24(5)23(26)20-9-11-25(12-10-20)29(27,28)22-18(3)13-17(2)14-19(22)4/h6-8,13-15,20H,9-12H2,1-5H3. The molecule has 1 amide bonds. The third-order valence-electron chi connectivity index (χ3n) is 5.73. The Kier molecular flexibility index (Phi) is 6.15. The first-order valence-electron chi connectivity index (χ1n) is 10.0. The molecule has 2 aromatic rings. The summed E-state index contributed by atoms with van der Waals surface area (Å²) in [7, 11) is -1.77. The SMILES string of the molecule is Cc1cccc(N(C)C(=O)C2CCN(S(=O)(=O)c3c(C)cc(C)cc3C)CC2)c1. The van der Waals surface area contributed by atoms with Gasteiger partial charge >= 0.3 is 0 Å². The van der Waals surface area contributed by atoms with Crippen molar-refractivity contribution in [1.82, 2.24) is 4.31 Å². The Morgan fingerprint density at radius 2 is 1.55 bits per heavy atom. The van der Waals surface area contributed by atoms with Gasteiger partial charge < -0.3 is 4.90 Å². The maximum absolute atomic E-state index is 13.2. The van der Waals surface area contributed by atoms with E-state index < -0.39 is 10.0 Å². The summed E-state index contributed by atoms with van der Waals surface area (Å²) >= 11 is 0. The second-order valence-corrected chi connectivity index (χ2v) is 10.0. The molecule has 5 nitrogen and oxygen atoms in total. The van der Waals surface area contributed by atoms with Gasteiger partial charge in [-0.05, 0) is 69.4 Å². The number of piperidine rings is 1. The van der Waals surface area contributed by atoms with Crippen LogP contribution in [0.3, 0.4) is 0 Å². The Morgan fingerprint density at radius 1 is 0.966 bits per heavy atom. The van der Waals surface area contributed by atoms with Crippen molar-refractivity contribution in [3.05, 3.63) is 58.7 Å². The largest absolute Gasteiger partial charge is 0.315 e. The second kappa shape index (κ2) is 8.28. The van der Waals surface area contributed by atoms with E-state index in [0.717, 1.165) is 27.9 Å². The highest BCUT2D eigenvalue weighted by molar-refractivity contribution is 7.89. The number of rotatable bonds is 4. The predicted octanol–water partition coefficient (Wildman–Crippen LogP) is 3.98. The maximum Gasteiger partial charge on any atom is 0.243 e. The van der Waals surface area contributed by atoms with Crippen LogP contribution in [-0.4, -0.2) is 38.8 Å². The molecule has 3 rings (SSSR count). The highest BCUT2D eigenvalue weighted by Gasteiger charge is 2.34. The summed E-state index contributed by atoms with van der Waals surface area (Å²) in [6.45, 7) is 8.40. The first-order valence-corrected chi connectivity index (χ1v) is 11.5. The molecule has 0 atom stereocenters. The van der Waals surface area contributed by atoms with Crippen molar-refractivity contribution in [2.75, 3.05) is 25.0 Å². The number of benzene rings is 2. The van der Waals surface area contributed by atoms with Crippen LogP contribution in [0.25, 0.3) is 0 Å². The van der Waals surface area contributed by atoms with E-state index in [4.69, 9.17) is 0 Å². The first kappa shape index (κ1) is 21.5. The molecule has 0 radical (unpaired) electrons. The average molecular weight is 415 g/mol. The second-order valence-electron chi connectivity index (χ2n) is 8.14. The fourth-order valence-corrected chi connectivity index (χ4v) is 6.16. The molecule has 6 heteroatoms. The van der Waals surface area contributed by atoms with E-state index in [1.807, 2.05) is 64.1 Å². The van der Waals surface area contributed by atoms with Gasteiger partial charge in [0, 0.05) is 31.7 Å². The number of aryl methyl sites for hydroxylation is 4. The van der Waals surface area contributed by atoms with Gasteiger partial charge in [-0.25, -0.2) is 8.42 Å². The molecule has 0 bridgehead atoms. The predicted molar refractivity (Wildman–Crippen MR) is 117 cm³/mol. The molecule has 0 saturated carbocycles. The molecular formula is C23H30N2O3S. The highest BCUT2D eigenvalue weighted by Crippen LogP contribution is 2.30. The van der Waals surface area contributed by atoms with Crippen molar-refractivity contribution in [2.24, 2.45) is 5.92 Å². The van der Waals surface area contributed by atoms with Gasteiger partial charge in [0.15, 0.2) is 0 Å². The normalized spacial score (nSPS) is 16.0. The lowest BCUT2D eigenvalue weighted by Crippen LogP contribution is -2.43. The minimum Gasteiger partial charge on any atom is -0.315 e. The van der Waals surface area contributed by atoms with Crippen molar-refractivity contribution in [1.29, 1.82) is 0 Å². The van der Waals surface area contributed by atoms with Crippen LogP contribution >= 0.6 is 0 Å². The molecule has 0 aliphatic carbocycles. The van der Waals surface area contributed by atoms with Gasteiger partial charge in [-0.2, -0.15) is 4.31 Å². The van der Waals surface area contributed by atoms with E-state index in [-0.39, 0.29) is 11.8 Å². The molecule has 0 unspecified atom stereocenters. The van der Waals surface area contributed by atoms with Crippen LogP contribution in [0.2, 0.25) is 0 Å². The van der Waals surface area contributed by atoms with Crippen LogP contribution in [0.15, 0.2) is 41.3 Å². The maximum atomic E-state index is 13.2. The summed E-state index contributed by atoms with van der Waals surface area (Å²) in [5.41, 5.74) is 4.59. The van der Waals surface area contributed by atoms with Crippen LogP contribution in [0.1, 0.15) is 35.1 Å². The average Bonchev–Trinajstić information content (AvgIpc) is 2.66. The Morgan fingerprint density at radius 3 is 2.10 bits per heavy atom. The Balaban J connectivity index is 1.72. The van der Waals surface area contributed by atoms with E-state index in [0.29, 0.717) is 30.8 Å². The number of nitrogens with zero attached hydrogens (tertiary/aromatic N) is 2. The molecule has 1 aliphatic rings. The van der Waals surface area contributed by atoms with Crippen molar-refractivity contribution >= 4 is 21.6 Å². The third-order valence-corrected chi connectivity index (χ3v) is 7.93. The van der Waals surface area contributed by atoms with E-state index in [1.165, 1.54) is 4.31 Å². The fourth-order valence-electron chi connectivity index (χ4n) is 4.28. The van der Waals surface area contributed by atoms with Crippen molar-refractivity contribution in [3.8, 4) is 0 Å². The van der Waals surface area contributed by atoms with Crippen LogP contribution in [0.4, 0.5) is 5.69 Å².